The molecule has 0 saturated carbocycles. The zero-order valence-corrected chi connectivity index (χ0v) is 14.6. The first-order chi connectivity index (χ1) is 9.75. The smallest absolute Gasteiger partial charge is 0.241 e. The van der Waals surface area contributed by atoms with Gasteiger partial charge in [-0.1, -0.05) is 12.1 Å². The number of halogens is 1. The minimum atomic E-state index is -3.57. The van der Waals surface area contributed by atoms with E-state index in [-0.39, 0.29) is 18.5 Å². The number of ether oxygens (including phenoxy) is 1. The fourth-order valence-corrected chi connectivity index (χ4v) is 3.26. The Kier molecular flexibility index (Phi) is 6.63. The van der Waals surface area contributed by atoms with Gasteiger partial charge in [0.2, 0.25) is 15.9 Å². The number of para-hydroxylation sites is 1. The van der Waals surface area contributed by atoms with E-state index in [0.717, 1.165) is 10.6 Å². The molecule has 0 radical (unpaired) electrons. The summed E-state index contributed by atoms with van der Waals surface area (Å²) in [5.41, 5.74) is 0.426. The van der Waals surface area contributed by atoms with Gasteiger partial charge in [0.1, 0.15) is 6.54 Å². The van der Waals surface area contributed by atoms with E-state index in [1.54, 1.807) is 31.2 Å². The van der Waals surface area contributed by atoms with Crippen molar-refractivity contribution in [2.45, 2.75) is 13.0 Å². The van der Waals surface area contributed by atoms with Crippen LogP contribution in [0.1, 0.15) is 6.92 Å². The molecule has 0 fully saturated rings. The van der Waals surface area contributed by atoms with Gasteiger partial charge in [0.15, 0.2) is 0 Å². The number of nitrogens with one attached hydrogen (secondary N) is 1. The first-order valence-corrected chi connectivity index (χ1v) is 8.90. The molecule has 1 atom stereocenters. The van der Waals surface area contributed by atoms with E-state index < -0.39 is 10.0 Å². The summed E-state index contributed by atoms with van der Waals surface area (Å²) in [6, 6.07) is 6.65. The third-order valence-corrected chi connectivity index (χ3v) is 4.43. The molecule has 0 heterocycles. The standard InChI is InChI=1S/C13H19BrN2O4S/c1-10(9-20-2)15-13(17)8-16(21(3,18)19)12-7-5-4-6-11(12)14/h4-7,10H,8-9H2,1-3H3,(H,15,17)/t10-/m1/s1. The number of methoxy groups -OCH3 is 1. The Morgan fingerprint density at radius 3 is 2.57 bits per heavy atom. The van der Waals surface area contributed by atoms with Crippen LogP contribution in [0.5, 0.6) is 0 Å². The van der Waals surface area contributed by atoms with Crippen LogP contribution >= 0.6 is 15.9 Å². The van der Waals surface area contributed by atoms with Crippen LogP contribution in [-0.2, 0) is 19.6 Å². The normalized spacial score (nSPS) is 12.8. The first-order valence-electron chi connectivity index (χ1n) is 6.26. The van der Waals surface area contributed by atoms with E-state index in [2.05, 4.69) is 21.2 Å². The summed E-state index contributed by atoms with van der Waals surface area (Å²) >= 11 is 3.30. The molecule has 0 aliphatic carbocycles. The second-order valence-corrected chi connectivity index (χ2v) is 7.41. The molecular formula is C13H19BrN2O4S. The Morgan fingerprint density at radius 1 is 1.43 bits per heavy atom. The third-order valence-electron chi connectivity index (χ3n) is 2.63. The van der Waals surface area contributed by atoms with Crippen LogP contribution in [-0.4, -0.2) is 46.9 Å². The Bertz CT molecular complexity index is 592. The summed E-state index contributed by atoms with van der Waals surface area (Å²) < 4.78 is 30.5. The predicted molar refractivity (Wildman–Crippen MR) is 85.8 cm³/mol. The van der Waals surface area contributed by atoms with Gasteiger partial charge in [-0.05, 0) is 35.0 Å². The van der Waals surface area contributed by atoms with Crippen molar-refractivity contribution >= 4 is 37.5 Å². The summed E-state index contributed by atoms with van der Waals surface area (Å²) in [7, 11) is -2.04. The molecular weight excluding hydrogens is 360 g/mol. The highest BCUT2D eigenvalue weighted by atomic mass is 79.9. The lowest BCUT2D eigenvalue weighted by Gasteiger charge is -2.24. The molecule has 0 bridgehead atoms. The highest BCUT2D eigenvalue weighted by Gasteiger charge is 2.23. The zero-order valence-electron chi connectivity index (χ0n) is 12.2. The fourth-order valence-electron chi connectivity index (χ4n) is 1.78. The molecule has 0 aliphatic rings. The van der Waals surface area contributed by atoms with Gasteiger partial charge in [0.05, 0.1) is 18.6 Å². The van der Waals surface area contributed by atoms with Crippen LogP contribution in [0.3, 0.4) is 0 Å². The number of carbonyl (C=O) groups excluding carboxylic acids is 1. The number of hydrogen-bond acceptors (Lipinski definition) is 4. The number of carbonyl (C=O) groups is 1. The lowest BCUT2D eigenvalue weighted by Crippen LogP contribution is -2.44. The number of nitrogens with zero attached hydrogens (tertiary/aromatic N) is 1. The fraction of sp³-hybridized carbons (Fsp3) is 0.462. The average Bonchev–Trinajstić information content (AvgIpc) is 2.36. The molecule has 1 amide bonds. The number of anilines is 1. The Hall–Kier alpha value is -1.12. The molecule has 1 aromatic carbocycles. The van der Waals surface area contributed by atoms with E-state index in [0.29, 0.717) is 16.8 Å². The molecule has 21 heavy (non-hydrogen) atoms. The highest BCUT2D eigenvalue weighted by Crippen LogP contribution is 2.27. The number of benzene rings is 1. The molecule has 6 nitrogen and oxygen atoms in total. The van der Waals surface area contributed by atoms with Gasteiger partial charge < -0.3 is 10.1 Å². The first kappa shape index (κ1) is 17.9. The molecule has 0 spiro atoms. The van der Waals surface area contributed by atoms with Crippen LogP contribution in [0, 0.1) is 0 Å². The van der Waals surface area contributed by atoms with E-state index in [1.807, 2.05) is 0 Å². The summed E-state index contributed by atoms with van der Waals surface area (Å²) in [6.07, 6.45) is 1.07. The summed E-state index contributed by atoms with van der Waals surface area (Å²) in [5.74, 6) is -0.388. The Balaban J connectivity index is 2.92. The maximum atomic E-state index is 12.0. The van der Waals surface area contributed by atoms with Gasteiger partial charge >= 0.3 is 0 Å². The molecule has 0 aliphatic heterocycles. The van der Waals surface area contributed by atoms with Crippen molar-refractivity contribution in [2.24, 2.45) is 0 Å². The van der Waals surface area contributed by atoms with Gasteiger partial charge in [-0.2, -0.15) is 0 Å². The highest BCUT2D eigenvalue weighted by molar-refractivity contribution is 9.10. The molecule has 0 saturated heterocycles. The quantitative estimate of drug-likeness (QED) is 0.777. The summed E-state index contributed by atoms with van der Waals surface area (Å²) in [6.45, 7) is 1.86. The van der Waals surface area contributed by atoms with Crippen molar-refractivity contribution in [1.82, 2.24) is 5.32 Å². The van der Waals surface area contributed by atoms with Crippen molar-refractivity contribution in [3.8, 4) is 0 Å². The molecule has 0 unspecified atom stereocenters. The molecule has 1 N–H and O–H groups in total. The summed E-state index contributed by atoms with van der Waals surface area (Å²) in [4.78, 5) is 12.0. The van der Waals surface area contributed by atoms with E-state index in [1.165, 1.54) is 7.11 Å². The van der Waals surface area contributed by atoms with Crippen LogP contribution < -0.4 is 9.62 Å². The molecule has 0 aromatic heterocycles. The van der Waals surface area contributed by atoms with Crippen molar-refractivity contribution in [1.29, 1.82) is 0 Å². The van der Waals surface area contributed by atoms with Gasteiger partial charge in [-0.3, -0.25) is 9.10 Å². The van der Waals surface area contributed by atoms with Crippen molar-refractivity contribution < 1.29 is 17.9 Å². The minimum absolute atomic E-state index is 0.192. The van der Waals surface area contributed by atoms with Gasteiger partial charge in [0.25, 0.3) is 0 Å². The van der Waals surface area contributed by atoms with Crippen molar-refractivity contribution in [3.05, 3.63) is 28.7 Å². The third kappa shape index (κ3) is 5.64. The number of hydrogen-bond donors (Lipinski definition) is 1. The van der Waals surface area contributed by atoms with Crippen molar-refractivity contribution in [2.75, 3.05) is 30.8 Å². The maximum absolute atomic E-state index is 12.0. The van der Waals surface area contributed by atoms with Crippen LogP contribution in [0.15, 0.2) is 28.7 Å². The summed E-state index contributed by atoms with van der Waals surface area (Å²) in [5, 5.41) is 2.69. The minimum Gasteiger partial charge on any atom is -0.383 e. The lowest BCUT2D eigenvalue weighted by atomic mass is 10.3. The SMILES string of the molecule is COC[C@@H](C)NC(=O)CN(c1ccccc1Br)S(C)(=O)=O. The topological polar surface area (TPSA) is 75.7 Å². The van der Waals surface area contributed by atoms with Crippen molar-refractivity contribution in [3.63, 3.8) is 0 Å². The Labute approximate surface area is 133 Å². The van der Waals surface area contributed by atoms with Crippen LogP contribution in [0.2, 0.25) is 0 Å². The largest absolute Gasteiger partial charge is 0.383 e. The maximum Gasteiger partial charge on any atom is 0.241 e. The Morgan fingerprint density at radius 2 is 2.05 bits per heavy atom. The molecule has 8 heteroatoms. The van der Waals surface area contributed by atoms with Crippen LogP contribution in [0.25, 0.3) is 0 Å². The van der Waals surface area contributed by atoms with E-state index in [9.17, 15) is 13.2 Å². The molecule has 1 aromatic rings. The van der Waals surface area contributed by atoms with Gasteiger partial charge in [0, 0.05) is 17.6 Å². The van der Waals surface area contributed by atoms with E-state index >= 15 is 0 Å². The second kappa shape index (κ2) is 7.77. The van der Waals surface area contributed by atoms with Gasteiger partial charge in [-0.15, -0.1) is 0 Å². The second-order valence-electron chi connectivity index (χ2n) is 4.64. The average molecular weight is 379 g/mol. The number of sulfonamides is 1. The number of amides is 1. The predicted octanol–water partition coefficient (Wildman–Crippen LogP) is 1.37. The van der Waals surface area contributed by atoms with Crippen LogP contribution in [0.4, 0.5) is 5.69 Å². The van der Waals surface area contributed by atoms with E-state index in [4.69, 9.17) is 4.74 Å². The zero-order chi connectivity index (χ0) is 16.0. The van der Waals surface area contributed by atoms with Gasteiger partial charge in [-0.25, -0.2) is 8.42 Å². The number of rotatable bonds is 7. The lowest BCUT2D eigenvalue weighted by molar-refractivity contribution is -0.120. The molecule has 1 rings (SSSR count). The molecule has 118 valence electrons. The monoisotopic (exact) mass is 378 g/mol.